The fourth-order valence-corrected chi connectivity index (χ4v) is 7.05. The summed E-state index contributed by atoms with van der Waals surface area (Å²) in [6.45, 7) is 0. The summed E-state index contributed by atoms with van der Waals surface area (Å²) in [4.78, 5) is 39.1. The first-order chi connectivity index (χ1) is 12.4. The van der Waals surface area contributed by atoms with E-state index in [2.05, 4.69) is 21.2 Å². The molecule has 5 nitrogen and oxygen atoms in total. The van der Waals surface area contributed by atoms with Crippen LogP contribution in [0.2, 0.25) is 0 Å². The van der Waals surface area contributed by atoms with Gasteiger partial charge in [0, 0.05) is 36.7 Å². The molecule has 1 fully saturated rings. The molecule has 1 N–H and O–H groups in total. The third-order valence-corrected chi connectivity index (χ3v) is 8.08. The van der Waals surface area contributed by atoms with Crippen molar-refractivity contribution in [1.29, 1.82) is 0 Å². The molecule has 132 valence electrons. The van der Waals surface area contributed by atoms with Crippen LogP contribution in [0.4, 0.5) is 0 Å². The highest BCUT2D eigenvalue weighted by atomic mass is 79.9. The van der Waals surface area contributed by atoms with Crippen molar-refractivity contribution in [3.63, 3.8) is 0 Å². The third kappa shape index (κ3) is 1.78. The van der Waals surface area contributed by atoms with Crippen LogP contribution in [-0.4, -0.2) is 40.2 Å². The molecule has 0 aromatic heterocycles. The number of carbonyl (C=O) groups excluding carboxylic acids is 3. The normalized spacial score (nSPS) is 34.8. The van der Waals surface area contributed by atoms with Gasteiger partial charge >= 0.3 is 0 Å². The lowest BCUT2D eigenvalue weighted by atomic mass is 9.69. The van der Waals surface area contributed by atoms with Gasteiger partial charge in [-0.2, -0.15) is 0 Å². The Morgan fingerprint density at radius 1 is 1.19 bits per heavy atom. The predicted molar refractivity (Wildman–Crippen MR) is 100 cm³/mol. The molecule has 3 atom stereocenters. The average molecular weight is 432 g/mol. The van der Waals surface area contributed by atoms with Crippen molar-refractivity contribution in [2.45, 2.75) is 28.6 Å². The summed E-state index contributed by atoms with van der Waals surface area (Å²) in [5.41, 5.74) is 0.696. The van der Waals surface area contributed by atoms with Crippen molar-refractivity contribution in [3.8, 4) is 0 Å². The van der Waals surface area contributed by atoms with Crippen LogP contribution in [-0.2, 0) is 9.53 Å². The number of ketones is 3. The molecule has 5 rings (SSSR count). The minimum atomic E-state index is -0.887. The van der Waals surface area contributed by atoms with Gasteiger partial charge in [0.25, 0.3) is 0 Å². The van der Waals surface area contributed by atoms with Crippen molar-refractivity contribution < 1.29 is 19.1 Å². The van der Waals surface area contributed by atoms with Gasteiger partial charge in [-0.3, -0.25) is 14.4 Å². The summed E-state index contributed by atoms with van der Waals surface area (Å²) >= 11 is 4.86. The van der Waals surface area contributed by atoms with Crippen LogP contribution in [0.15, 0.2) is 46.1 Å². The lowest BCUT2D eigenvalue weighted by molar-refractivity contribution is -0.117. The lowest BCUT2D eigenvalue weighted by Crippen LogP contribution is -2.56. The Kier molecular flexibility index (Phi) is 3.28. The number of thioether (sulfide) groups is 1. The first-order valence-corrected chi connectivity index (χ1v) is 9.94. The van der Waals surface area contributed by atoms with Crippen LogP contribution in [0, 0.1) is 0 Å². The molecule has 2 heterocycles. The van der Waals surface area contributed by atoms with Crippen molar-refractivity contribution in [2.75, 3.05) is 7.11 Å². The van der Waals surface area contributed by atoms with Gasteiger partial charge in [-0.05, 0) is 22.0 Å². The summed E-state index contributed by atoms with van der Waals surface area (Å²) in [7, 11) is 1.60. The molecule has 1 aromatic rings. The smallest absolute Gasteiger partial charge is 0.210 e. The van der Waals surface area contributed by atoms with Crippen LogP contribution in [0.1, 0.15) is 33.6 Å². The van der Waals surface area contributed by atoms with Crippen molar-refractivity contribution in [3.05, 3.63) is 57.2 Å². The second-order valence-corrected chi connectivity index (χ2v) is 9.28. The summed E-state index contributed by atoms with van der Waals surface area (Å²) in [5.74, 6) is -0.470. The van der Waals surface area contributed by atoms with Crippen molar-refractivity contribution >= 4 is 45.0 Å². The molecule has 0 amide bonds. The number of carbonyl (C=O) groups is 3. The van der Waals surface area contributed by atoms with Crippen LogP contribution in [0.3, 0.4) is 0 Å². The Labute approximate surface area is 162 Å². The van der Waals surface area contributed by atoms with E-state index < -0.39 is 10.3 Å². The predicted octanol–water partition coefficient (Wildman–Crippen LogP) is 2.76. The van der Waals surface area contributed by atoms with E-state index in [4.69, 9.17) is 4.74 Å². The van der Waals surface area contributed by atoms with Gasteiger partial charge in [-0.25, -0.2) is 0 Å². The fraction of sp³-hybridized carbons (Fsp3) is 0.316. The number of fused-ring (bicyclic) bond motifs is 2. The standard InChI is InChI=1S/C19H14BrNO4S/c1-25-18-6-11(20)12(22)7-19(18)14-15(21-13(8-18)26-19)17(24)10-5-3-2-4-9(10)16(14)23/h2-6,13,21H,7-8H2,1H3/t13-,18-,19-/m0/s1. The summed E-state index contributed by atoms with van der Waals surface area (Å²) in [5, 5.41) is 3.15. The van der Waals surface area contributed by atoms with Crippen LogP contribution in [0.5, 0.6) is 0 Å². The zero-order valence-electron chi connectivity index (χ0n) is 13.8. The van der Waals surface area contributed by atoms with Gasteiger partial charge in [0.15, 0.2) is 11.6 Å². The Morgan fingerprint density at radius 3 is 2.58 bits per heavy atom. The molecule has 0 saturated carbocycles. The maximum absolute atomic E-state index is 13.4. The van der Waals surface area contributed by atoms with Gasteiger partial charge < -0.3 is 10.1 Å². The third-order valence-electron chi connectivity index (χ3n) is 5.75. The molecule has 1 saturated heterocycles. The number of hydrogen-bond donors (Lipinski definition) is 1. The molecule has 2 aliphatic heterocycles. The maximum atomic E-state index is 13.4. The maximum Gasteiger partial charge on any atom is 0.210 e. The van der Waals surface area contributed by atoms with E-state index in [1.165, 1.54) is 11.8 Å². The highest BCUT2D eigenvalue weighted by molar-refractivity contribution is 9.12. The van der Waals surface area contributed by atoms with E-state index >= 15 is 0 Å². The van der Waals surface area contributed by atoms with E-state index in [1.807, 2.05) is 0 Å². The Bertz CT molecular complexity index is 984. The molecule has 1 aromatic carbocycles. The van der Waals surface area contributed by atoms with E-state index in [-0.39, 0.29) is 29.1 Å². The van der Waals surface area contributed by atoms with Crippen LogP contribution < -0.4 is 5.32 Å². The monoisotopic (exact) mass is 431 g/mol. The van der Waals surface area contributed by atoms with Crippen molar-refractivity contribution in [2.24, 2.45) is 0 Å². The second-order valence-electron chi connectivity index (χ2n) is 6.92. The topological polar surface area (TPSA) is 72.5 Å². The molecule has 0 radical (unpaired) electrons. The second kappa shape index (κ2) is 5.18. The number of Topliss-reactive ketones (excluding diaryl/α,β-unsaturated/α-hetero) is 3. The Balaban J connectivity index is 1.81. The van der Waals surface area contributed by atoms with E-state index in [9.17, 15) is 14.4 Å². The summed E-state index contributed by atoms with van der Waals surface area (Å²) in [6.07, 6.45) is 2.48. The molecular formula is C19H14BrNO4S. The van der Waals surface area contributed by atoms with Gasteiger partial charge in [0.05, 0.1) is 20.3 Å². The summed E-state index contributed by atoms with van der Waals surface area (Å²) < 4.78 is 5.51. The highest BCUT2D eigenvalue weighted by Gasteiger charge is 2.68. The number of allylic oxidation sites excluding steroid dienone is 2. The number of rotatable bonds is 1. The van der Waals surface area contributed by atoms with Gasteiger partial charge in [-0.15, -0.1) is 11.8 Å². The molecule has 2 bridgehead atoms. The molecule has 26 heavy (non-hydrogen) atoms. The molecule has 0 unspecified atom stereocenters. The summed E-state index contributed by atoms with van der Waals surface area (Å²) in [6, 6.07) is 6.85. The molecular weight excluding hydrogens is 418 g/mol. The zero-order valence-corrected chi connectivity index (χ0v) is 16.2. The van der Waals surface area contributed by atoms with E-state index in [0.717, 1.165) is 0 Å². The molecule has 4 aliphatic rings. The number of hydrogen-bond acceptors (Lipinski definition) is 6. The minimum Gasteiger partial charge on any atom is -0.372 e. The number of ether oxygens (including phenoxy) is 1. The molecule has 7 heteroatoms. The first-order valence-electron chi connectivity index (χ1n) is 8.27. The van der Waals surface area contributed by atoms with Gasteiger partial charge in [-0.1, -0.05) is 24.3 Å². The number of nitrogens with one attached hydrogen (secondary N) is 1. The average Bonchev–Trinajstić information content (AvgIpc) is 2.88. The zero-order chi connectivity index (χ0) is 18.3. The highest BCUT2D eigenvalue weighted by Crippen LogP contribution is 2.63. The van der Waals surface area contributed by atoms with Crippen LogP contribution >= 0.6 is 27.7 Å². The van der Waals surface area contributed by atoms with Gasteiger partial charge in [0.1, 0.15) is 5.60 Å². The first kappa shape index (κ1) is 16.5. The van der Waals surface area contributed by atoms with Crippen molar-refractivity contribution in [1.82, 2.24) is 5.32 Å². The molecule has 1 spiro atoms. The largest absolute Gasteiger partial charge is 0.372 e. The molecule has 2 aliphatic carbocycles. The minimum absolute atomic E-state index is 0.0846. The quantitative estimate of drug-likeness (QED) is 0.736. The van der Waals surface area contributed by atoms with Crippen LogP contribution in [0.25, 0.3) is 0 Å². The van der Waals surface area contributed by atoms with E-state index in [0.29, 0.717) is 33.3 Å². The Morgan fingerprint density at radius 2 is 1.88 bits per heavy atom. The Hall–Kier alpha value is -1.70. The van der Waals surface area contributed by atoms with E-state index in [1.54, 1.807) is 37.5 Å². The SMILES string of the molecule is CO[C@]12C=C(Br)C(=O)C[C@@]13S[C@@H](C2)NC1=C3C(=O)c2ccccc2C1=O. The van der Waals surface area contributed by atoms with Gasteiger partial charge in [0.2, 0.25) is 5.78 Å². The number of methoxy groups -OCH3 is 1. The fourth-order valence-electron chi connectivity index (χ4n) is 4.59. The number of benzene rings is 1. The lowest BCUT2D eigenvalue weighted by Gasteiger charge is -2.47. The number of halogens is 1.